The Kier molecular flexibility index (Phi) is 4.47. The number of carbonyl (C=O) groups is 2. The predicted octanol–water partition coefficient (Wildman–Crippen LogP) is 2.97. The number of pyridine rings is 1. The largest absolute Gasteiger partial charge is 0.465 e. The number of aromatic nitrogens is 1. The highest BCUT2D eigenvalue weighted by Crippen LogP contribution is 2.31. The molecule has 0 unspecified atom stereocenters. The van der Waals surface area contributed by atoms with Crippen molar-refractivity contribution in [3.63, 3.8) is 0 Å². The highest BCUT2D eigenvalue weighted by Gasteiger charge is 2.14. The molecule has 0 aliphatic rings. The number of rotatable bonds is 4. The predicted molar refractivity (Wildman–Crippen MR) is 71.5 cm³/mol. The normalized spacial score (nSPS) is 10.1. The number of ether oxygens (including phenoxy) is 1. The van der Waals surface area contributed by atoms with Crippen LogP contribution in [-0.2, 0) is 4.74 Å². The summed E-state index contributed by atoms with van der Waals surface area (Å²) in [6.07, 6.45) is 1.55. The van der Waals surface area contributed by atoms with Crippen molar-refractivity contribution in [2.24, 2.45) is 0 Å². The fourth-order valence-electron chi connectivity index (χ4n) is 1.55. The Labute approximate surface area is 119 Å². The third-order valence-electron chi connectivity index (χ3n) is 2.47. The molecule has 1 aromatic carbocycles. The summed E-state index contributed by atoms with van der Waals surface area (Å²) in [4.78, 5) is 27.0. The Hall–Kier alpha value is -2.21. The summed E-state index contributed by atoms with van der Waals surface area (Å²) in [5, 5.41) is 0.331. The monoisotopic (exact) mass is 291 g/mol. The van der Waals surface area contributed by atoms with Gasteiger partial charge in [-0.15, -0.1) is 0 Å². The number of methoxy groups -OCH3 is 1. The van der Waals surface area contributed by atoms with Crippen LogP contribution in [0.3, 0.4) is 0 Å². The summed E-state index contributed by atoms with van der Waals surface area (Å²) >= 11 is 1.11. The summed E-state index contributed by atoms with van der Waals surface area (Å²) in [6, 6.07) is 7.87. The van der Waals surface area contributed by atoms with Gasteiger partial charge in [-0.3, -0.25) is 4.79 Å². The SMILES string of the molecule is COC(=O)c1ccccc1Sc1ncc(F)cc1C=O. The fraction of sp³-hybridized carbons (Fsp3) is 0.0714. The molecule has 2 aromatic rings. The van der Waals surface area contributed by atoms with Crippen molar-refractivity contribution >= 4 is 24.0 Å². The standard InChI is InChI=1S/C14H10FNO3S/c1-19-14(18)11-4-2-3-5-12(11)20-13-9(8-17)6-10(15)7-16-13/h2-8H,1H3. The molecule has 0 saturated heterocycles. The molecule has 0 aliphatic carbocycles. The molecule has 0 radical (unpaired) electrons. The first-order valence-corrected chi connectivity index (χ1v) is 6.43. The van der Waals surface area contributed by atoms with Crippen LogP contribution in [-0.4, -0.2) is 24.3 Å². The van der Waals surface area contributed by atoms with E-state index in [4.69, 9.17) is 0 Å². The number of esters is 1. The van der Waals surface area contributed by atoms with Gasteiger partial charge in [0.2, 0.25) is 0 Å². The second-order valence-corrected chi connectivity index (χ2v) is 4.79. The summed E-state index contributed by atoms with van der Waals surface area (Å²) in [5.41, 5.74) is 0.498. The molecule has 6 heteroatoms. The molecule has 0 fully saturated rings. The molecule has 0 aliphatic heterocycles. The van der Waals surface area contributed by atoms with Gasteiger partial charge in [0.25, 0.3) is 0 Å². The van der Waals surface area contributed by atoms with Gasteiger partial charge in [0.15, 0.2) is 6.29 Å². The minimum absolute atomic E-state index is 0.134. The summed E-state index contributed by atoms with van der Waals surface area (Å²) in [6.45, 7) is 0. The van der Waals surface area contributed by atoms with Crippen LogP contribution in [0.2, 0.25) is 0 Å². The molecule has 4 nitrogen and oxygen atoms in total. The van der Waals surface area contributed by atoms with E-state index in [1.54, 1.807) is 24.3 Å². The smallest absolute Gasteiger partial charge is 0.339 e. The molecule has 0 N–H and O–H groups in total. The molecular weight excluding hydrogens is 281 g/mol. The van der Waals surface area contributed by atoms with Crippen molar-refractivity contribution in [1.29, 1.82) is 0 Å². The Balaban J connectivity index is 2.40. The number of nitrogens with zero attached hydrogens (tertiary/aromatic N) is 1. The zero-order chi connectivity index (χ0) is 14.5. The van der Waals surface area contributed by atoms with Gasteiger partial charge >= 0.3 is 5.97 Å². The van der Waals surface area contributed by atoms with Crippen molar-refractivity contribution in [1.82, 2.24) is 4.98 Å². The fourth-order valence-corrected chi connectivity index (χ4v) is 2.50. The minimum atomic E-state index is -0.585. The number of carbonyl (C=O) groups excluding carboxylic acids is 2. The van der Waals surface area contributed by atoms with Gasteiger partial charge < -0.3 is 4.74 Å². The molecule has 1 aromatic heterocycles. The Morgan fingerprint density at radius 3 is 2.85 bits per heavy atom. The Morgan fingerprint density at radius 2 is 2.15 bits per heavy atom. The van der Waals surface area contributed by atoms with E-state index in [-0.39, 0.29) is 5.56 Å². The van der Waals surface area contributed by atoms with Gasteiger partial charge in [-0.1, -0.05) is 23.9 Å². The maximum atomic E-state index is 13.0. The minimum Gasteiger partial charge on any atom is -0.465 e. The molecule has 102 valence electrons. The molecule has 0 bridgehead atoms. The van der Waals surface area contributed by atoms with Gasteiger partial charge in [0, 0.05) is 10.5 Å². The van der Waals surface area contributed by atoms with Gasteiger partial charge in [-0.25, -0.2) is 14.2 Å². The molecule has 0 amide bonds. The van der Waals surface area contributed by atoms with E-state index in [0.717, 1.165) is 24.0 Å². The van der Waals surface area contributed by atoms with Crippen molar-refractivity contribution in [2.75, 3.05) is 7.11 Å². The zero-order valence-corrected chi connectivity index (χ0v) is 11.3. The topological polar surface area (TPSA) is 56.3 Å². The van der Waals surface area contributed by atoms with Crippen LogP contribution in [0.25, 0.3) is 0 Å². The quantitative estimate of drug-likeness (QED) is 0.640. The highest BCUT2D eigenvalue weighted by atomic mass is 32.2. The van der Waals surface area contributed by atoms with Crippen LogP contribution < -0.4 is 0 Å². The number of aldehydes is 1. The number of halogens is 1. The van der Waals surface area contributed by atoms with Crippen LogP contribution in [0.15, 0.2) is 46.5 Å². The first-order valence-electron chi connectivity index (χ1n) is 5.61. The average molecular weight is 291 g/mol. The molecule has 0 saturated carbocycles. The van der Waals surface area contributed by atoms with Crippen LogP contribution >= 0.6 is 11.8 Å². The second-order valence-electron chi connectivity index (χ2n) is 3.76. The van der Waals surface area contributed by atoms with E-state index in [1.165, 1.54) is 7.11 Å². The van der Waals surface area contributed by atoms with E-state index < -0.39 is 11.8 Å². The zero-order valence-electron chi connectivity index (χ0n) is 10.5. The molecule has 0 spiro atoms. The number of hydrogen-bond acceptors (Lipinski definition) is 5. The lowest BCUT2D eigenvalue weighted by Crippen LogP contribution is -2.03. The first-order chi connectivity index (χ1) is 9.65. The molecule has 2 rings (SSSR count). The van der Waals surface area contributed by atoms with E-state index in [0.29, 0.717) is 21.8 Å². The summed E-state index contributed by atoms with van der Waals surface area (Å²) < 4.78 is 17.7. The Bertz CT molecular complexity index is 661. The average Bonchev–Trinajstić information content (AvgIpc) is 2.48. The first kappa shape index (κ1) is 14.2. The van der Waals surface area contributed by atoms with Crippen molar-refractivity contribution in [3.8, 4) is 0 Å². The number of benzene rings is 1. The summed E-state index contributed by atoms with van der Waals surface area (Å²) in [5.74, 6) is -1.07. The maximum absolute atomic E-state index is 13.0. The molecule has 1 heterocycles. The van der Waals surface area contributed by atoms with E-state index in [9.17, 15) is 14.0 Å². The maximum Gasteiger partial charge on any atom is 0.339 e. The van der Waals surface area contributed by atoms with Crippen LogP contribution in [0.1, 0.15) is 20.7 Å². The van der Waals surface area contributed by atoms with Crippen molar-refractivity contribution in [3.05, 3.63) is 53.5 Å². The van der Waals surface area contributed by atoms with Crippen LogP contribution in [0.5, 0.6) is 0 Å². The highest BCUT2D eigenvalue weighted by molar-refractivity contribution is 7.99. The van der Waals surface area contributed by atoms with Crippen LogP contribution in [0, 0.1) is 5.82 Å². The van der Waals surface area contributed by atoms with Crippen molar-refractivity contribution in [2.45, 2.75) is 9.92 Å². The lowest BCUT2D eigenvalue weighted by Gasteiger charge is -2.08. The third kappa shape index (κ3) is 3.03. The lowest BCUT2D eigenvalue weighted by molar-refractivity contribution is 0.0596. The van der Waals surface area contributed by atoms with E-state index in [1.807, 2.05) is 0 Å². The second kappa shape index (κ2) is 6.29. The van der Waals surface area contributed by atoms with Gasteiger partial charge in [0.05, 0.1) is 18.9 Å². The van der Waals surface area contributed by atoms with E-state index >= 15 is 0 Å². The summed E-state index contributed by atoms with van der Waals surface area (Å²) in [7, 11) is 1.29. The number of hydrogen-bond donors (Lipinski definition) is 0. The van der Waals surface area contributed by atoms with Crippen LogP contribution in [0.4, 0.5) is 4.39 Å². The van der Waals surface area contributed by atoms with Crippen molar-refractivity contribution < 1.29 is 18.7 Å². The Morgan fingerprint density at radius 1 is 1.40 bits per heavy atom. The molecule has 20 heavy (non-hydrogen) atoms. The third-order valence-corrected chi connectivity index (χ3v) is 3.58. The van der Waals surface area contributed by atoms with Gasteiger partial charge in [-0.05, 0) is 18.2 Å². The van der Waals surface area contributed by atoms with Gasteiger partial charge in [0.1, 0.15) is 10.8 Å². The molecule has 0 atom stereocenters. The van der Waals surface area contributed by atoms with E-state index in [2.05, 4.69) is 9.72 Å². The van der Waals surface area contributed by atoms with Gasteiger partial charge in [-0.2, -0.15) is 0 Å². The lowest BCUT2D eigenvalue weighted by atomic mass is 10.2. The molecular formula is C14H10FNO3S.